The average Bonchev–Trinajstić information content (AvgIpc) is 3.43. The fourth-order valence-corrected chi connectivity index (χ4v) is 5.15. The van der Waals surface area contributed by atoms with E-state index in [4.69, 9.17) is 0 Å². The normalized spacial score (nSPS) is 24.6. The van der Waals surface area contributed by atoms with Crippen molar-refractivity contribution < 1.29 is 9.59 Å². The van der Waals surface area contributed by atoms with Crippen molar-refractivity contribution in [3.63, 3.8) is 0 Å². The van der Waals surface area contributed by atoms with Crippen molar-refractivity contribution in [2.45, 2.75) is 57.8 Å². The zero-order valence-electron chi connectivity index (χ0n) is 16.3. The summed E-state index contributed by atoms with van der Waals surface area (Å²) in [6.45, 7) is 2.41. The van der Waals surface area contributed by atoms with Gasteiger partial charge in [-0.1, -0.05) is 49.6 Å². The summed E-state index contributed by atoms with van der Waals surface area (Å²) in [5.74, 6) is 1.04. The van der Waals surface area contributed by atoms with Crippen LogP contribution >= 0.6 is 0 Å². The van der Waals surface area contributed by atoms with Crippen LogP contribution in [0.3, 0.4) is 0 Å². The topological polar surface area (TPSA) is 49.4 Å². The van der Waals surface area contributed by atoms with Crippen LogP contribution in [0.4, 0.5) is 0 Å². The molecule has 4 rings (SSSR count). The second kappa shape index (κ2) is 8.04. The number of rotatable bonds is 5. The number of carbonyl (C=O) groups excluding carboxylic acids is 2. The molecule has 0 unspecified atom stereocenters. The summed E-state index contributed by atoms with van der Waals surface area (Å²) in [5.41, 5.74) is 1.44. The molecule has 146 valence electrons. The van der Waals surface area contributed by atoms with Crippen molar-refractivity contribution in [3.8, 4) is 0 Å². The molecule has 0 aromatic heterocycles. The Morgan fingerprint density at radius 1 is 1.04 bits per heavy atom. The van der Waals surface area contributed by atoms with Crippen LogP contribution < -0.4 is 5.32 Å². The van der Waals surface area contributed by atoms with Crippen molar-refractivity contribution >= 4 is 11.8 Å². The maximum Gasteiger partial charge on any atom is 0.225 e. The Morgan fingerprint density at radius 2 is 1.74 bits per heavy atom. The Hall–Kier alpha value is -1.84. The number of nitrogens with zero attached hydrogens (tertiary/aromatic N) is 1. The third-order valence-electron chi connectivity index (χ3n) is 7.09. The molecule has 1 spiro atoms. The van der Waals surface area contributed by atoms with Gasteiger partial charge >= 0.3 is 0 Å². The molecule has 1 saturated heterocycles. The lowest BCUT2D eigenvalue weighted by atomic mass is 9.86. The molecule has 4 heteroatoms. The summed E-state index contributed by atoms with van der Waals surface area (Å²) in [4.78, 5) is 27.3. The van der Waals surface area contributed by atoms with Gasteiger partial charge in [-0.05, 0) is 49.5 Å². The molecule has 1 N–H and O–H groups in total. The quantitative estimate of drug-likeness (QED) is 0.864. The number of piperidine rings is 1. The third-order valence-corrected chi connectivity index (χ3v) is 7.09. The smallest absolute Gasteiger partial charge is 0.225 e. The molecule has 2 aliphatic carbocycles. The van der Waals surface area contributed by atoms with Gasteiger partial charge in [0.1, 0.15) is 0 Å². The molecule has 1 atom stereocenters. The molecule has 3 fully saturated rings. The summed E-state index contributed by atoms with van der Waals surface area (Å²) in [6, 6.07) is 10.3. The van der Waals surface area contributed by atoms with E-state index in [-0.39, 0.29) is 23.2 Å². The largest absolute Gasteiger partial charge is 0.356 e. The number of nitrogens with one attached hydrogen (secondary N) is 1. The lowest BCUT2D eigenvalue weighted by Crippen LogP contribution is -2.43. The second-order valence-corrected chi connectivity index (χ2v) is 8.81. The van der Waals surface area contributed by atoms with Crippen LogP contribution in [0.5, 0.6) is 0 Å². The van der Waals surface area contributed by atoms with Gasteiger partial charge in [0.25, 0.3) is 0 Å². The Labute approximate surface area is 162 Å². The minimum atomic E-state index is 0.167. The molecular weight excluding hydrogens is 336 g/mol. The van der Waals surface area contributed by atoms with Crippen LogP contribution in [0.25, 0.3) is 0 Å². The van der Waals surface area contributed by atoms with E-state index < -0.39 is 0 Å². The highest BCUT2D eigenvalue weighted by Gasteiger charge is 2.58. The predicted molar refractivity (Wildman–Crippen MR) is 106 cm³/mol. The van der Waals surface area contributed by atoms with Crippen LogP contribution in [0.2, 0.25) is 0 Å². The molecule has 0 bridgehead atoms. The second-order valence-electron chi connectivity index (χ2n) is 8.81. The first-order chi connectivity index (χ1) is 13.2. The molecular formula is C23H32N2O2. The lowest BCUT2D eigenvalue weighted by Gasteiger charge is -2.36. The molecule has 1 aliphatic heterocycles. The van der Waals surface area contributed by atoms with Crippen molar-refractivity contribution in [2.24, 2.45) is 17.3 Å². The van der Waals surface area contributed by atoms with E-state index in [1.807, 2.05) is 18.2 Å². The van der Waals surface area contributed by atoms with Gasteiger partial charge in [0.05, 0.1) is 0 Å². The first-order valence-corrected chi connectivity index (χ1v) is 10.8. The maximum absolute atomic E-state index is 12.7. The monoisotopic (exact) mass is 368 g/mol. The maximum atomic E-state index is 12.7. The molecule has 0 radical (unpaired) electrons. The highest BCUT2D eigenvalue weighted by molar-refractivity contribution is 5.83. The Kier molecular flexibility index (Phi) is 5.51. The minimum absolute atomic E-state index is 0.167. The van der Waals surface area contributed by atoms with Gasteiger partial charge in [0.15, 0.2) is 0 Å². The molecule has 1 aromatic rings. The van der Waals surface area contributed by atoms with Crippen LogP contribution in [0, 0.1) is 17.3 Å². The molecule has 1 heterocycles. The van der Waals surface area contributed by atoms with E-state index >= 15 is 0 Å². The van der Waals surface area contributed by atoms with E-state index in [1.54, 1.807) is 0 Å². The van der Waals surface area contributed by atoms with Gasteiger partial charge in [-0.25, -0.2) is 0 Å². The number of benzene rings is 1. The number of amides is 2. The SMILES string of the molecule is O=C(NCCc1ccccc1)[C@@H]1CC12CCN(C(=O)C1CCCCC1)CC2. The molecule has 4 nitrogen and oxygen atoms in total. The molecule has 2 saturated carbocycles. The molecule has 3 aliphatic rings. The number of hydrogen-bond donors (Lipinski definition) is 1. The Morgan fingerprint density at radius 3 is 2.44 bits per heavy atom. The highest BCUT2D eigenvalue weighted by Crippen LogP contribution is 2.59. The first kappa shape index (κ1) is 18.5. The van der Waals surface area contributed by atoms with Crippen LogP contribution in [-0.2, 0) is 16.0 Å². The fraction of sp³-hybridized carbons (Fsp3) is 0.652. The van der Waals surface area contributed by atoms with Gasteiger partial charge in [-0.15, -0.1) is 0 Å². The van der Waals surface area contributed by atoms with Gasteiger partial charge in [-0.2, -0.15) is 0 Å². The highest BCUT2D eigenvalue weighted by atomic mass is 16.2. The zero-order valence-corrected chi connectivity index (χ0v) is 16.3. The Balaban J connectivity index is 1.20. The molecule has 2 amide bonds. The number of hydrogen-bond acceptors (Lipinski definition) is 2. The Bertz CT molecular complexity index is 658. The molecule has 27 heavy (non-hydrogen) atoms. The van der Waals surface area contributed by atoms with Crippen LogP contribution in [0.1, 0.15) is 56.9 Å². The van der Waals surface area contributed by atoms with E-state index in [1.165, 1.54) is 24.8 Å². The minimum Gasteiger partial charge on any atom is -0.356 e. The van der Waals surface area contributed by atoms with E-state index in [0.717, 1.165) is 51.6 Å². The van der Waals surface area contributed by atoms with E-state index in [9.17, 15) is 9.59 Å². The van der Waals surface area contributed by atoms with Crippen molar-refractivity contribution in [1.29, 1.82) is 0 Å². The average molecular weight is 369 g/mol. The standard InChI is InChI=1S/C23H32N2O2/c26-21(24-14-11-18-7-3-1-4-8-18)20-17-23(20)12-15-25(16-13-23)22(27)19-9-5-2-6-10-19/h1,3-4,7-8,19-20H,2,5-6,9-17H2,(H,24,26)/t20-/m0/s1. The molecule has 1 aromatic carbocycles. The summed E-state index contributed by atoms with van der Waals surface area (Å²) in [6.07, 6.45) is 9.75. The van der Waals surface area contributed by atoms with Crippen LogP contribution in [-0.4, -0.2) is 36.3 Å². The third kappa shape index (κ3) is 4.20. The lowest BCUT2D eigenvalue weighted by molar-refractivity contribution is -0.138. The van der Waals surface area contributed by atoms with Crippen LogP contribution in [0.15, 0.2) is 30.3 Å². The van der Waals surface area contributed by atoms with Crippen molar-refractivity contribution in [2.75, 3.05) is 19.6 Å². The van der Waals surface area contributed by atoms with Gasteiger partial charge < -0.3 is 10.2 Å². The van der Waals surface area contributed by atoms with E-state index in [0.29, 0.717) is 12.5 Å². The first-order valence-electron chi connectivity index (χ1n) is 10.8. The van der Waals surface area contributed by atoms with Gasteiger partial charge in [0.2, 0.25) is 11.8 Å². The summed E-state index contributed by atoms with van der Waals surface area (Å²) in [5, 5.41) is 3.13. The van der Waals surface area contributed by atoms with Gasteiger partial charge in [-0.3, -0.25) is 9.59 Å². The van der Waals surface area contributed by atoms with Gasteiger partial charge in [0, 0.05) is 31.5 Å². The van der Waals surface area contributed by atoms with Crippen molar-refractivity contribution in [3.05, 3.63) is 35.9 Å². The summed E-state index contributed by atoms with van der Waals surface area (Å²) in [7, 11) is 0. The summed E-state index contributed by atoms with van der Waals surface area (Å²) < 4.78 is 0. The summed E-state index contributed by atoms with van der Waals surface area (Å²) >= 11 is 0. The fourth-order valence-electron chi connectivity index (χ4n) is 5.15. The number of likely N-dealkylation sites (tertiary alicyclic amines) is 1. The zero-order chi connectivity index (χ0) is 18.7. The van der Waals surface area contributed by atoms with Crippen molar-refractivity contribution in [1.82, 2.24) is 10.2 Å². The predicted octanol–water partition coefficient (Wildman–Crippen LogP) is 3.55. The number of carbonyl (C=O) groups is 2. The van der Waals surface area contributed by atoms with E-state index in [2.05, 4.69) is 22.3 Å².